The lowest BCUT2D eigenvalue weighted by atomic mass is 10.0. The predicted octanol–water partition coefficient (Wildman–Crippen LogP) is 3.79. The highest BCUT2D eigenvalue weighted by Crippen LogP contribution is 2.28. The zero-order valence-electron chi connectivity index (χ0n) is 19.7. The molecule has 1 saturated heterocycles. The minimum atomic E-state index is -3.22. The summed E-state index contributed by atoms with van der Waals surface area (Å²) in [6, 6.07) is 23.4. The van der Waals surface area contributed by atoms with Gasteiger partial charge in [-0.1, -0.05) is 42.5 Å². The molecule has 3 aromatic carbocycles. The lowest BCUT2D eigenvalue weighted by Gasteiger charge is -2.35. The van der Waals surface area contributed by atoms with Crippen molar-refractivity contribution in [3.05, 3.63) is 94.8 Å². The van der Waals surface area contributed by atoms with Crippen molar-refractivity contribution < 1.29 is 17.6 Å². The topological polar surface area (TPSA) is 99.9 Å². The highest BCUT2D eigenvalue weighted by atomic mass is 32.2. The van der Waals surface area contributed by atoms with Gasteiger partial charge in [0.25, 0.3) is 5.91 Å². The number of rotatable bonds is 5. The minimum absolute atomic E-state index is 0.283. The maximum atomic E-state index is 13.0. The number of hydrogen-bond acceptors (Lipinski definition) is 6. The van der Waals surface area contributed by atoms with Crippen LogP contribution in [0.4, 0.5) is 11.4 Å². The number of para-hydroxylation sites is 3. The summed E-state index contributed by atoms with van der Waals surface area (Å²) < 4.78 is 30.5. The highest BCUT2D eigenvalue weighted by molar-refractivity contribution is 7.88. The molecule has 0 spiro atoms. The van der Waals surface area contributed by atoms with Crippen molar-refractivity contribution in [2.24, 2.45) is 0 Å². The fourth-order valence-corrected chi connectivity index (χ4v) is 5.20. The molecule has 5 rings (SSSR count). The predicted molar refractivity (Wildman–Crippen MR) is 141 cm³/mol. The van der Waals surface area contributed by atoms with E-state index in [1.165, 1.54) is 10.6 Å². The quantitative estimate of drug-likeness (QED) is 0.416. The molecule has 0 saturated carbocycles. The lowest BCUT2D eigenvalue weighted by molar-refractivity contribution is 0.102. The van der Waals surface area contributed by atoms with Crippen LogP contribution in [0.25, 0.3) is 22.1 Å². The molecule has 0 aliphatic carbocycles. The van der Waals surface area contributed by atoms with Gasteiger partial charge in [0.05, 0.1) is 23.2 Å². The molecule has 184 valence electrons. The maximum absolute atomic E-state index is 13.0. The molecule has 1 fully saturated rings. The molecule has 36 heavy (non-hydrogen) atoms. The molecule has 1 aliphatic heterocycles. The molecule has 0 atom stereocenters. The van der Waals surface area contributed by atoms with E-state index in [0.29, 0.717) is 54.1 Å². The van der Waals surface area contributed by atoms with Gasteiger partial charge in [0.1, 0.15) is 5.58 Å². The van der Waals surface area contributed by atoms with Gasteiger partial charge in [0.15, 0.2) is 0 Å². The molecule has 1 aromatic heterocycles. The number of nitrogens with zero attached hydrogens (tertiary/aromatic N) is 2. The molecule has 1 amide bonds. The van der Waals surface area contributed by atoms with Crippen molar-refractivity contribution in [1.82, 2.24) is 4.31 Å². The first-order chi connectivity index (χ1) is 17.3. The lowest BCUT2D eigenvalue weighted by Crippen LogP contribution is -2.48. The second kappa shape index (κ2) is 9.60. The van der Waals surface area contributed by atoms with Crippen LogP contribution in [0.3, 0.4) is 0 Å². The number of anilines is 2. The van der Waals surface area contributed by atoms with E-state index in [-0.39, 0.29) is 5.91 Å². The number of amides is 1. The standard InChI is InChI=1S/C27H25N3O5S/c1-36(33,34)30-16-14-29(15-17-30)24-8-4-3-7-23(24)28-26(31)20-12-10-19(11-13-20)22-18-21-6-2-5-9-25(21)35-27(22)32/h2-13,18H,14-17H2,1H3,(H,28,31). The number of piperazine rings is 1. The van der Waals surface area contributed by atoms with Crippen molar-refractivity contribution >= 4 is 38.3 Å². The van der Waals surface area contributed by atoms with E-state index < -0.39 is 15.6 Å². The van der Waals surface area contributed by atoms with Crippen LogP contribution in [0.15, 0.2) is 88.1 Å². The Hall–Kier alpha value is -3.95. The van der Waals surface area contributed by atoms with E-state index in [1.807, 2.05) is 42.5 Å². The van der Waals surface area contributed by atoms with Crippen LogP contribution in [-0.4, -0.2) is 51.1 Å². The Morgan fingerprint density at radius 2 is 1.56 bits per heavy atom. The maximum Gasteiger partial charge on any atom is 0.344 e. The third-order valence-corrected chi connectivity index (χ3v) is 7.60. The van der Waals surface area contributed by atoms with Gasteiger partial charge in [-0.3, -0.25) is 4.79 Å². The second-order valence-corrected chi connectivity index (χ2v) is 10.7. The molecule has 4 aromatic rings. The van der Waals surface area contributed by atoms with Crippen LogP contribution in [0.5, 0.6) is 0 Å². The number of benzene rings is 3. The van der Waals surface area contributed by atoms with Crippen molar-refractivity contribution in [2.75, 3.05) is 42.7 Å². The molecule has 9 heteroatoms. The van der Waals surface area contributed by atoms with Crippen molar-refractivity contribution in [3.63, 3.8) is 0 Å². The van der Waals surface area contributed by atoms with E-state index in [2.05, 4.69) is 10.2 Å². The Morgan fingerprint density at radius 1 is 0.889 bits per heavy atom. The zero-order valence-corrected chi connectivity index (χ0v) is 20.5. The molecule has 2 heterocycles. The normalized spacial score (nSPS) is 14.6. The molecule has 8 nitrogen and oxygen atoms in total. The van der Waals surface area contributed by atoms with Gasteiger partial charge >= 0.3 is 5.63 Å². The summed E-state index contributed by atoms with van der Waals surface area (Å²) in [6.07, 6.45) is 1.22. The van der Waals surface area contributed by atoms with Crippen molar-refractivity contribution in [1.29, 1.82) is 0 Å². The summed E-state index contributed by atoms with van der Waals surface area (Å²) in [5, 5.41) is 3.79. The second-order valence-electron chi connectivity index (χ2n) is 8.68. The third-order valence-electron chi connectivity index (χ3n) is 6.30. The van der Waals surface area contributed by atoms with E-state index in [9.17, 15) is 18.0 Å². The first kappa shape index (κ1) is 23.8. The number of carbonyl (C=O) groups excluding carboxylic acids is 1. The Bertz CT molecular complexity index is 1590. The molecule has 0 unspecified atom stereocenters. The highest BCUT2D eigenvalue weighted by Gasteiger charge is 2.25. The Balaban J connectivity index is 1.33. The molecule has 0 bridgehead atoms. The molecular weight excluding hydrogens is 478 g/mol. The van der Waals surface area contributed by atoms with E-state index in [1.54, 1.807) is 36.4 Å². The Kier molecular flexibility index (Phi) is 6.34. The Labute approximate surface area is 208 Å². The summed E-state index contributed by atoms with van der Waals surface area (Å²) in [4.78, 5) is 27.6. The number of fused-ring (bicyclic) bond motifs is 1. The Morgan fingerprint density at radius 3 is 2.28 bits per heavy atom. The molecule has 0 radical (unpaired) electrons. The molecule has 1 aliphatic rings. The number of nitrogens with one attached hydrogen (secondary N) is 1. The van der Waals surface area contributed by atoms with Gasteiger partial charge in [-0.15, -0.1) is 0 Å². The van der Waals surface area contributed by atoms with Crippen molar-refractivity contribution in [3.8, 4) is 11.1 Å². The van der Waals surface area contributed by atoms with Gasteiger partial charge in [-0.2, -0.15) is 4.31 Å². The fourth-order valence-electron chi connectivity index (χ4n) is 4.37. The summed E-state index contributed by atoms with van der Waals surface area (Å²) in [5.74, 6) is -0.283. The van der Waals surface area contributed by atoms with Gasteiger partial charge in [-0.25, -0.2) is 13.2 Å². The van der Waals surface area contributed by atoms with Gasteiger partial charge in [0.2, 0.25) is 10.0 Å². The number of carbonyl (C=O) groups is 1. The van der Waals surface area contributed by atoms with Gasteiger partial charge in [0, 0.05) is 37.1 Å². The van der Waals surface area contributed by atoms with Gasteiger partial charge < -0.3 is 14.6 Å². The van der Waals surface area contributed by atoms with Crippen molar-refractivity contribution in [2.45, 2.75) is 0 Å². The number of sulfonamides is 1. The largest absolute Gasteiger partial charge is 0.422 e. The van der Waals surface area contributed by atoms with Crippen LogP contribution in [0, 0.1) is 0 Å². The van der Waals surface area contributed by atoms with Crippen LogP contribution in [0.2, 0.25) is 0 Å². The average molecular weight is 504 g/mol. The van der Waals surface area contributed by atoms with Gasteiger partial charge in [-0.05, 0) is 42.0 Å². The number of hydrogen-bond donors (Lipinski definition) is 1. The SMILES string of the molecule is CS(=O)(=O)N1CCN(c2ccccc2NC(=O)c2ccc(-c3cc4ccccc4oc3=O)cc2)CC1. The minimum Gasteiger partial charge on any atom is -0.422 e. The van der Waals surface area contributed by atoms with Crippen LogP contribution >= 0.6 is 0 Å². The van der Waals surface area contributed by atoms with Crippen LogP contribution in [0.1, 0.15) is 10.4 Å². The summed E-state index contributed by atoms with van der Waals surface area (Å²) >= 11 is 0. The average Bonchev–Trinajstić information content (AvgIpc) is 2.88. The van der Waals surface area contributed by atoms with E-state index >= 15 is 0 Å². The zero-order chi connectivity index (χ0) is 25.3. The van der Waals surface area contributed by atoms with Crippen LogP contribution in [-0.2, 0) is 10.0 Å². The van der Waals surface area contributed by atoms with E-state index in [4.69, 9.17) is 4.42 Å². The summed E-state index contributed by atoms with van der Waals surface area (Å²) in [5.41, 5.74) is 3.11. The van der Waals surface area contributed by atoms with Crippen LogP contribution < -0.4 is 15.8 Å². The smallest absolute Gasteiger partial charge is 0.344 e. The monoisotopic (exact) mass is 503 g/mol. The fraction of sp³-hybridized carbons (Fsp3) is 0.185. The van der Waals surface area contributed by atoms with E-state index in [0.717, 1.165) is 11.1 Å². The molecule has 1 N–H and O–H groups in total. The summed E-state index contributed by atoms with van der Waals surface area (Å²) in [6.45, 7) is 1.85. The third kappa shape index (κ3) is 4.89. The first-order valence-corrected chi connectivity index (χ1v) is 13.4. The summed E-state index contributed by atoms with van der Waals surface area (Å²) in [7, 11) is -3.22. The first-order valence-electron chi connectivity index (χ1n) is 11.5. The molecular formula is C27H25N3O5S.